The molecule has 2 aromatic heterocycles. The number of amides is 1. The van der Waals surface area contributed by atoms with Gasteiger partial charge in [-0.25, -0.2) is 0 Å². The Morgan fingerprint density at radius 2 is 2.47 bits per heavy atom. The minimum absolute atomic E-state index is 0.250. The van der Waals surface area contributed by atoms with E-state index in [4.69, 9.17) is 9.26 Å². The van der Waals surface area contributed by atoms with Gasteiger partial charge in [0.2, 0.25) is 0 Å². The number of aryl methyl sites for hydroxylation is 1. The lowest BCUT2D eigenvalue weighted by Crippen LogP contribution is -2.12. The summed E-state index contributed by atoms with van der Waals surface area (Å²) < 4.78 is 12.0. The lowest BCUT2D eigenvalue weighted by atomic mass is 10.3. The molecule has 1 aliphatic heterocycles. The van der Waals surface area contributed by atoms with Crippen LogP contribution < -0.4 is 5.32 Å². The first-order valence-corrected chi connectivity index (χ1v) is 6.09. The van der Waals surface area contributed by atoms with Crippen molar-refractivity contribution in [3.63, 3.8) is 0 Å². The molecule has 0 spiro atoms. The second-order valence-electron chi connectivity index (χ2n) is 4.50. The maximum absolute atomic E-state index is 11.9. The number of nitrogens with zero attached hydrogens (tertiary/aromatic N) is 3. The lowest BCUT2D eigenvalue weighted by molar-refractivity contribution is 0.101. The topological polar surface area (TPSA) is 82.2 Å². The number of carbonyl (C=O) groups excluding carboxylic acids is 1. The summed E-state index contributed by atoms with van der Waals surface area (Å²) in [4.78, 5) is 11.9. The summed E-state index contributed by atoms with van der Waals surface area (Å²) in [6.07, 6.45) is 4.35. The van der Waals surface area contributed by atoms with E-state index in [-0.39, 0.29) is 17.6 Å². The fraction of sp³-hybridized carbons (Fsp3) is 0.417. The largest absolute Gasteiger partial charge is 0.379 e. The number of carbonyl (C=O) groups is 1. The molecule has 0 saturated carbocycles. The number of rotatable bonds is 3. The van der Waals surface area contributed by atoms with Crippen LogP contribution in [-0.2, 0) is 4.74 Å². The molecule has 7 nitrogen and oxygen atoms in total. The van der Waals surface area contributed by atoms with Gasteiger partial charge in [0, 0.05) is 18.9 Å². The minimum Gasteiger partial charge on any atom is -0.379 e. The summed E-state index contributed by atoms with van der Waals surface area (Å²) in [5, 5.41) is 10.6. The van der Waals surface area contributed by atoms with Gasteiger partial charge < -0.3 is 14.6 Å². The van der Waals surface area contributed by atoms with E-state index < -0.39 is 0 Å². The average Bonchev–Trinajstić information content (AvgIpc) is 3.07. The van der Waals surface area contributed by atoms with Crippen molar-refractivity contribution in [1.29, 1.82) is 0 Å². The van der Waals surface area contributed by atoms with E-state index in [1.165, 1.54) is 0 Å². The SMILES string of the molecule is Cc1cc(C(=O)Nc2cnn([C@H]3CCOC3)c2)no1. The van der Waals surface area contributed by atoms with E-state index in [0.29, 0.717) is 18.1 Å². The molecular weight excluding hydrogens is 248 g/mol. The Hall–Kier alpha value is -2.15. The first kappa shape index (κ1) is 11.9. The first-order chi connectivity index (χ1) is 9.22. The second kappa shape index (κ2) is 4.85. The van der Waals surface area contributed by atoms with E-state index in [1.54, 1.807) is 25.4 Å². The molecule has 7 heteroatoms. The van der Waals surface area contributed by atoms with Crippen LogP contribution in [0, 0.1) is 6.92 Å². The van der Waals surface area contributed by atoms with Gasteiger partial charge in [0.25, 0.3) is 5.91 Å². The molecule has 3 rings (SSSR count). The third kappa shape index (κ3) is 2.50. The first-order valence-electron chi connectivity index (χ1n) is 6.09. The molecule has 0 aromatic carbocycles. The molecule has 1 aliphatic rings. The van der Waals surface area contributed by atoms with Gasteiger partial charge >= 0.3 is 0 Å². The van der Waals surface area contributed by atoms with Crippen LogP contribution in [0.5, 0.6) is 0 Å². The van der Waals surface area contributed by atoms with Gasteiger partial charge in [0.15, 0.2) is 5.69 Å². The molecule has 1 fully saturated rings. The minimum atomic E-state index is -0.306. The molecule has 1 atom stereocenters. The maximum Gasteiger partial charge on any atom is 0.277 e. The Morgan fingerprint density at radius 3 is 3.16 bits per heavy atom. The predicted octanol–water partition coefficient (Wildman–Crippen LogP) is 1.39. The summed E-state index contributed by atoms with van der Waals surface area (Å²) in [5.74, 6) is 0.294. The standard InChI is InChI=1S/C12H14N4O3/c1-8-4-11(15-19-8)12(17)14-9-5-13-16(6-9)10-2-3-18-7-10/h4-6,10H,2-3,7H2,1H3,(H,14,17)/t10-/m0/s1. The molecule has 2 aromatic rings. The van der Waals surface area contributed by atoms with Crippen molar-refractivity contribution >= 4 is 11.6 Å². The van der Waals surface area contributed by atoms with Crippen LogP contribution >= 0.6 is 0 Å². The maximum atomic E-state index is 11.9. The van der Waals surface area contributed by atoms with E-state index in [2.05, 4.69) is 15.6 Å². The Morgan fingerprint density at radius 1 is 1.58 bits per heavy atom. The summed E-state index contributed by atoms with van der Waals surface area (Å²) in [7, 11) is 0. The summed E-state index contributed by atoms with van der Waals surface area (Å²) in [6.45, 7) is 3.16. The summed E-state index contributed by atoms with van der Waals surface area (Å²) >= 11 is 0. The monoisotopic (exact) mass is 262 g/mol. The zero-order chi connectivity index (χ0) is 13.2. The van der Waals surface area contributed by atoms with Crippen LogP contribution in [0.2, 0.25) is 0 Å². The van der Waals surface area contributed by atoms with Gasteiger partial charge in [-0.2, -0.15) is 5.10 Å². The molecule has 1 saturated heterocycles. The van der Waals surface area contributed by atoms with E-state index >= 15 is 0 Å². The number of ether oxygens (including phenoxy) is 1. The van der Waals surface area contributed by atoms with Crippen molar-refractivity contribution in [1.82, 2.24) is 14.9 Å². The molecule has 19 heavy (non-hydrogen) atoms. The van der Waals surface area contributed by atoms with Crippen LogP contribution in [0.4, 0.5) is 5.69 Å². The van der Waals surface area contributed by atoms with Crippen molar-refractivity contribution in [2.24, 2.45) is 0 Å². The highest BCUT2D eigenvalue weighted by atomic mass is 16.5. The van der Waals surface area contributed by atoms with Crippen LogP contribution in [0.25, 0.3) is 0 Å². The number of hydrogen-bond donors (Lipinski definition) is 1. The Bertz CT molecular complexity index is 583. The fourth-order valence-corrected chi connectivity index (χ4v) is 2.00. The smallest absolute Gasteiger partial charge is 0.277 e. The number of nitrogens with one attached hydrogen (secondary N) is 1. The number of aromatic nitrogens is 3. The summed E-state index contributed by atoms with van der Waals surface area (Å²) in [6, 6.07) is 1.84. The van der Waals surface area contributed by atoms with Crippen LogP contribution in [0.1, 0.15) is 28.7 Å². The van der Waals surface area contributed by atoms with Crippen LogP contribution in [0.15, 0.2) is 23.0 Å². The van der Waals surface area contributed by atoms with E-state index in [9.17, 15) is 4.79 Å². The zero-order valence-corrected chi connectivity index (χ0v) is 10.5. The van der Waals surface area contributed by atoms with Gasteiger partial charge in [0.1, 0.15) is 5.76 Å². The predicted molar refractivity (Wildman–Crippen MR) is 65.9 cm³/mol. The number of hydrogen-bond acceptors (Lipinski definition) is 5. The second-order valence-corrected chi connectivity index (χ2v) is 4.50. The quantitative estimate of drug-likeness (QED) is 0.903. The molecule has 3 heterocycles. The average molecular weight is 262 g/mol. The molecule has 0 bridgehead atoms. The third-order valence-electron chi connectivity index (χ3n) is 3.00. The van der Waals surface area contributed by atoms with Crippen molar-refractivity contribution in [3.8, 4) is 0 Å². The van der Waals surface area contributed by atoms with Gasteiger partial charge in [-0.15, -0.1) is 0 Å². The fourth-order valence-electron chi connectivity index (χ4n) is 2.00. The van der Waals surface area contributed by atoms with Gasteiger partial charge in [-0.1, -0.05) is 5.16 Å². The Labute approximate surface area is 109 Å². The van der Waals surface area contributed by atoms with E-state index in [1.807, 2.05) is 4.68 Å². The third-order valence-corrected chi connectivity index (χ3v) is 3.00. The van der Waals surface area contributed by atoms with Gasteiger partial charge in [0.05, 0.1) is 24.5 Å². The molecule has 0 radical (unpaired) electrons. The van der Waals surface area contributed by atoms with Crippen LogP contribution in [-0.4, -0.2) is 34.1 Å². The van der Waals surface area contributed by atoms with Crippen molar-refractivity contribution < 1.29 is 14.1 Å². The molecular formula is C12H14N4O3. The normalized spacial score (nSPS) is 18.7. The molecule has 100 valence electrons. The Balaban J connectivity index is 1.68. The highest BCUT2D eigenvalue weighted by Crippen LogP contribution is 2.19. The van der Waals surface area contributed by atoms with Crippen molar-refractivity contribution in [2.75, 3.05) is 18.5 Å². The highest BCUT2D eigenvalue weighted by Gasteiger charge is 2.19. The number of anilines is 1. The van der Waals surface area contributed by atoms with Crippen LogP contribution in [0.3, 0.4) is 0 Å². The molecule has 0 unspecified atom stereocenters. The summed E-state index contributed by atoms with van der Waals surface area (Å²) in [5.41, 5.74) is 0.895. The van der Waals surface area contributed by atoms with E-state index in [0.717, 1.165) is 13.0 Å². The highest BCUT2D eigenvalue weighted by molar-refractivity contribution is 6.02. The van der Waals surface area contributed by atoms with Gasteiger partial charge in [-0.05, 0) is 13.3 Å². The Kier molecular flexibility index (Phi) is 3.04. The van der Waals surface area contributed by atoms with Gasteiger partial charge in [-0.3, -0.25) is 9.48 Å². The molecule has 0 aliphatic carbocycles. The van der Waals surface area contributed by atoms with Crippen molar-refractivity contribution in [2.45, 2.75) is 19.4 Å². The lowest BCUT2D eigenvalue weighted by Gasteiger charge is -2.06. The van der Waals surface area contributed by atoms with Crippen molar-refractivity contribution in [3.05, 3.63) is 29.9 Å². The molecule has 1 N–H and O–H groups in total. The molecule has 1 amide bonds. The zero-order valence-electron chi connectivity index (χ0n) is 10.5.